The highest BCUT2D eigenvalue weighted by Gasteiger charge is 2.17. The van der Waals surface area contributed by atoms with E-state index < -0.39 is 15.8 Å². The number of hydrogen-bond donors (Lipinski definition) is 1. The molecule has 0 aromatic heterocycles. The molecule has 0 saturated heterocycles. The van der Waals surface area contributed by atoms with Gasteiger partial charge in [-0.05, 0) is 62.2 Å². The molecule has 1 N–H and O–H groups in total. The normalized spacial score (nSPS) is 11.2. The monoisotopic (exact) mass is 435 g/mol. The van der Waals surface area contributed by atoms with E-state index in [4.69, 9.17) is 0 Å². The molecule has 0 bridgehead atoms. The Bertz CT molecular complexity index is 912. The van der Waals surface area contributed by atoms with Gasteiger partial charge in [-0.1, -0.05) is 12.1 Å². The zero-order valence-corrected chi connectivity index (χ0v) is 18.6. The number of carbonyl (C=O) groups excluding carboxylic acids is 1. The molecule has 2 aromatic carbocycles. The van der Waals surface area contributed by atoms with E-state index in [0.29, 0.717) is 18.7 Å². The van der Waals surface area contributed by atoms with Crippen molar-refractivity contribution >= 4 is 27.3 Å². The first kappa shape index (κ1) is 23.7. The van der Waals surface area contributed by atoms with Crippen molar-refractivity contribution in [1.82, 2.24) is 5.32 Å². The minimum atomic E-state index is -3.52. The minimum absolute atomic E-state index is 0.143. The molecule has 0 aliphatic carbocycles. The van der Waals surface area contributed by atoms with Crippen LogP contribution in [0.5, 0.6) is 0 Å². The number of anilines is 2. The lowest BCUT2D eigenvalue weighted by Crippen LogP contribution is -2.32. The molecule has 164 valence electrons. The Morgan fingerprint density at radius 2 is 1.53 bits per heavy atom. The minimum Gasteiger partial charge on any atom is -0.372 e. The van der Waals surface area contributed by atoms with E-state index in [1.165, 1.54) is 28.6 Å². The molecular weight excluding hydrogens is 405 g/mol. The molecule has 0 aliphatic rings. The molecule has 8 heteroatoms. The van der Waals surface area contributed by atoms with E-state index in [0.717, 1.165) is 30.6 Å². The fourth-order valence-corrected chi connectivity index (χ4v) is 4.14. The smallest absolute Gasteiger partial charge is 0.232 e. The first-order chi connectivity index (χ1) is 14.2. The lowest BCUT2D eigenvalue weighted by molar-refractivity contribution is -0.121. The molecule has 2 rings (SSSR count). The van der Waals surface area contributed by atoms with Crippen LogP contribution >= 0.6 is 0 Å². The predicted molar refractivity (Wildman–Crippen MR) is 120 cm³/mol. The molecule has 0 heterocycles. The average Bonchev–Trinajstić information content (AvgIpc) is 2.71. The number of nitrogens with one attached hydrogen (secondary N) is 1. The SMILES string of the molecule is CCN(CC)c1ccc(CNC(=O)CCCN(c2ccc(F)cc2)S(C)(=O)=O)cc1. The Balaban J connectivity index is 1.84. The zero-order chi connectivity index (χ0) is 22.1. The van der Waals surface area contributed by atoms with Gasteiger partial charge in [0.2, 0.25) is 15.9 Å². The largest absolute Gasteiger partial charge is 0.372 e. The van der Waals surface area contributed by atoms with Crippen molar-refractivity contribution in [1.29, 1.82) is 0 Å². The number of rotatable bonds is 11. The molecule has 0 spiro atoms. The Morgan fingerprint density at radius 3 is 2.07 bits per heavy atom. The van der Waals surface area contributed by atoms with Crippen molar-refractivity contribution in [2.45, 2.75) is 33.2 Å². The molecule has 1 amide bonds. The Labute approximate surface area is 178 Å². The standard InChI is InChI=1S/C22H30FN3O3S/c1-4-25(5-2)20-12-8-18(9-13-20)17-24-22(27)7-6-16-26(30(3,28)29)21-14-10-19(23)11-15-21/h8-15H,4-7,16-17H2,1-3H3,(H,24,27). The topological polar surface area (TPSA) is 69.7 Å². The van der Waals surface area contributed by atoms with Gasteiger partial charge in [0.05, 0.1) is 11.9 Å². The summed E-state index contributed by atoms with van der Waals surface area (Å²) in [6, 6.07) is 13.3. The lowest BCUT2D eigenvalue weighted by atomic mass is 10.2. The maximum absolute atomic E-state index is 13.1. The molecule has 0 unspecified atom stereocenters. The van der Waals surface area contributed by atoms with Crippen molar-refractivity contribution in [2.24, 2.45) is 0 Å². The van der Waals surface area contributed by atoms with E-state index in [9.17, 15) is 17.6 Å². The molecule has 0 aliphatic heterocycles. The molecule has 6 nitrogen and oxygen atoms in total. The molecule has 0 saturated carbocycles. The van der Waals surface area contributed by atoms with Gasteiger partial charge in [-0.15, -0.1) is 0 Å². The van der Waals surface area contributed by atoms with Crippen LogP contribution in [0.2, 0.25) is 0 Å². The second-order valence-corrected chi connectivity index (χ2v) is 8.94. The van der Waals surface area contributed by atoms with Crippen molar-refractivity contribution in [3.63, 3.8) is 0 Å². The van der Waals surface area contributed by atoms with Crippen molar-refractivity contribution in [2.75, 3.05) is 35.1 Å². The van der Waals surface area contributed by atoms with Gasteiger partial charge in [0.1, 0.15) is 5.82 Å². The maximum Gasteiger partial charge on any atom is 0.232 e. The van der Waals surface area contributed by atoms with Crippen LogP contribution in [-0.2, 0) is 21.4 Å². The third kappa shape index (κ3) is 7.02. The number of nitrogens with zero attached hydrogens (tertiary/aromatic N) is 2. The Kier molecular flexibility index (Phi) is 8.65. The number of carbonyl (C=O) groups is 1. The number of halogens is 1. The molecular formula is C22H30FN3O3S. The highest BCUT2D eigenvalue weighted by Crippen LogP contribution is 2.19. The van der Waals surface area contributed by atoms with Gasteiger partial charge in [-0.25, -0.2) is 12.8 Å². The fraction of sp³-hybridized carbons (Fsp3) is 0.409. The highest BCUT2D eigenvalue weighted by atomic mass is 32.2. The lowest BCUT2D eigenvalue weighted by Gasteiger charge is -2.22. The van der Waals surface area contributed by atoms with E-state index in [-0.39, 0.29) is 18.9 Å². The van der Waals surface area contributed by atoms with Crippen LogP contribution in [0.3, 0.4) is 0 Å². The average molecular weight is 436 g/mol. The fourth-order valence-electron chi connectivity index (χ4n) is 3.18. The zero-order valence-electron chi connectivity index (χ0n) is 17.8. The summed E-state index contributed by atoms with van der Waals surface area (Å²) in [7, 11) is -3.52. The molecule has 0 radical (unpaired) electrons. The molecule has 0 fully saturated rings. The van der Waals surface area contributed by atoms with Gasteiger partial charge in [-0.3, -0.25) is 9.10 Å². The predicted octanol–water partition coefficient (Wildman–Crippen LogP) is 3.53. The van der Waals surface area contributed by atoms with Crippen molar-refractivity contribution < 1.29 is 17.6 Å². The number of hydrogen-bond acceptors (Lipinski definition) is 4. The molecule has 2 aromatic rings. The van der Waals surface area contributed by atoms with Crippen LogP contribution in [-0.4, -0.2) is 40.2 Å². The van der Waals surface area contributed by atoms with Crippen LogP contribution in [0.15, 0.2) is 48.5 Å². The van der Waals surface area contributed by atoms with Crippen LogP contribution < -0.4 is 14.5 Å². The number of sulfonamides is 1. The summed E-state index contributed by atoms with van der Waals surface area (Å²) in [5.74, 6) is -0.577. The molecule has 30 heavy (non-hydrogen) atoms. The van der Waals surface area contributed by atoms with Gasteiger partial charge in [-0.2, -0.15) is 0 Å². The quantitative estimate of drug-likeness (QED) is 0.586. The third-order valence-corrected chi connectivity index (χ3v) is 6.03. The van der Waals surface area contributed by atoms with E-state index in [1.54, 1.807) is 0 Å². The van der Waals surface area contributed by atoms with Gasteiger partial charge in [0.25, 0.3) is 0 Å². The van der Waals surface area contributed by atoms with Gasteiger partial charge in [0, 0.05) is 38.3 Å². The van der Waals surface area contributed by atoms with Gasteiger partial charge < -0.3 is 10.2 Å². The summed E-state index contributed by atoms with van der Waals surface area (Å²) in [6.07, 6.45) is 1.65. The van der Waals surface area contributed by atoms with E-state index >= 15 is 0 Å². The van der Waals surface area contributed by atoms with Crippen LogP contribution in [0.25, 0.3) is 0 Å². The first-order valence-electron chi connectivity index (χ1n) is 10.1. The summed E-state index contributed by atoms with van der Waals surface area (Å²) >= 11 is 0. The van der Waals surface area contributed by atoms with Crippen LogP contribution in [0.1, 0.15) is 32.3 Å². The number of amides is 1. The highest BCUT2D eigenvalue weighted by molar-refractivity contribution is 7.92. The second kappa shape index (κ2) is 11.0. The third-order valence-electron chi connectivity index (χ3n) is 4.83. The van der Waals surface area contributed by atoms with Crippen LogP contribution in [0, 0.1) is 5.82 Å². The second-order valence-electron chi connectivity index (χ2n) is 7.03. The summed E-state index contributed by atoms with van der Waals surface area (Å²) in [4.78, 5) is 14.4. The van der Waals surface area contributed by atoms with E-state index in [2.05, 4.69) is 24.1 Å². The van der Waals surface area contributed by atoms with E-state index in [1.807, 2.05) is 24.3 Å². The maximum atomic E-state index is 13.1. The first-order valence-corrected chi connectivity index (χ1v) is 11.9. The summed E-state index contributed by atoms with van der Waals surface area (Å²) in [5, 5.41) is 2.87. The Hall–Kier alpha value is -2.61. The molecule has 0 atom stereocenters. The summed E-state index contributed by atoms with van der Waals surface area (Å²) in [6.45, 7) is 6.67. The number of benzene rings is 2. The van der Waals surface area contributed by atoms with Crippen molar-refractivity contribution in [3.8, 4) is 0 Å². The summed E-state index contributed by atoms with van der Waals surface area (Å²) < 4.78 is 38.4. The van der Waals surface area contributed by atoms with Crippen molar-refractivity contribution in [3.05, 3.63) is 59.9 Å². The Morgan fingerprint density at radius 1 is 0.967 bits per heavy atom. The van der Waals surface area contributed by atoms with Crippen LogP contribution in [0.4, 0.5) is 15.8 Å². The van der Waals surface area contributed by atoms with Gasteiger partial charge in [0.15, 0.2) is 0 Å². The van der Waals surface area contributed by atoms with Gasteiger partial charge >= 0.3 is 0 Å². The summed E-state index contributed by atoms with van der Waals surface area (Å²) in [5.41, 5.74) is 2.53.